The molecule has 1 unspecified atom stereocenters. The van der Waals surface area contributed by atoms with Crippen LogP contribution in [-0.4, -0.2) is 87.9 Å². The highest BCUT2D eigenvalue weighted by Crippen LogP contribution is 2.67. The monoisotopic (exact) mass is 622 g/mol. The maximum Gasteiger partial charge on any atom is 0.343 e. The van der Waals surface area contributed by atoms with E-state index in [1.54, 1.807) is 10.7 Å². The summed E-state index contributed by atoms with van der Waals surface area (Å²) in [6.45, 7) is 5.76. The minimum Gasteiger partial charge on any atom is -0.393 e. The van der Waals surface area contributed by atoms with Crippen molar-refractivity contribution >= 4 is 42.4 Å². The molecule has 0 spiro atoms. The summed E-state index contributed by atoms with van der Waals surface area (Å²) in [5.41, 5.74) is -1.23. The van der Waals surface area contributed by atoms with Gasteiger partial charge in [0.1, 0.15) is 12.2 Å². The third kappa shape index (κ3) is 5.65. The van der Waals surface area contributed by atoms with Gasteiger partial charge in [0.15, 0.2) is 11.6 Å². The Kier molecular flexibility index (Phi) is 10.3. The molecular weight excluding hydrogens is 578 g/mol. The summed E-state index contributed by atoms with van der Waals surface area (Å²) in [7, 11) is -2.84. The van der Waals surface area contributed by atoms with Crippen molar-refractivity contribution in [2.45, 2.75) is 76.9 Å². The van der Waals surface area contributed by atoms with Crippen molar-refractivity contribution in [3.05, 3.63) is 11.6 Å². The number of carbonyl (C=O) groups excluding carboxylic acids is 2. The zero-order valence-electron chi connectivity index (χ0n) is 23.6. The number of nitrogens with one attached hydrogen (secondary N) is 1. The van der Waals surface area contributed by atoms with Crippen molar-refractivity contribution in [2.75, 3.05) is 44.6 Å². The lowest BCUT2D eigenvalue weighted by Crippen LogP contribution is -2.62. The molecule has 0 aromatic carbocycles. The highest BCUT2D eigenvalue weighted by atomic mass is 35.5. The average molecular weight is 624 g/mol. The Morgan fingerprint density at radius 3 is 2.50 bits per heavy atom. The maximum absolute atomic E-state index is 12.4. The van der Waals surface area contributed by atoms with E-state index in [-0.39, 0.29) is 29.0 Å². The van der Waals surface area contributed by atoms with Crippen LogP contribution in [0.3, 0.4) is 0 Å². The van der Waals surface area contributed by atoms with Crippen molar-refractivity contribution < 1.29 is 34.0 Å². The first-order valence-electron chi connectivity index (χ1n) is 14.6. The Balaban J connectivity index is 0.000000224. The Morgan fingerprint density at radius 2 is 1.90 bits per heavy atom. The molecule has 5 aliphatic rings. The molecule has 4 fully saturated rings. The molecule has 0 aromatic heterocycles. The van der Waals surface area contributed by atoms with Crippen LogP contribution in [0.25, 0.3) is 0 Å². The van der Waals surface area contributed by atoms with E-state index in [9.17, 15) is 29.5 Å². The van der Waals surface area contributed by atoms with Gasteiger partial charge in [-0.3, -0.25) is 14.2 Å². The molecule has 1 saturated heterocycles. The molecule has 1 heterocycles. The van der Waals surface area contributed by atoms with Crippen LogP contribution in [0.1, 0.15) is 65.2 Å². The minimum absolute atomic E-state index is 0.0697. The number of hydrogen-bond donors (Lipinski definition) is 4. The highest BCUT2D eigenvalue weighted by molar-refractivity contribution is 7.54. The summed E-state index contributed by atoms with van der Waals surface area (Å²) in [6.07, 6.45) is 6.62. The number of alkyl halides is 2. The summed E-state index contributed by atoms with van der Waals surface area (Å²) in [5, 5.41) is 34.6. The Labute approximate surface area is 247 Å². The summed E-state index contributed by atoms with van der Waals surface area (Å²) >= 11 is 11.2. The number of aliphatic hydroxyl groups excluding tert-OH is 2. The number of rotatable bonds is 7. The predicted octanol–water partition coefficient (Wildman–Crippen LogP) is 3.67. The average Bonchev–Trinajstić information content (AvgIpc) is 3.20. The fourth-order valence-electron chi connectivity index (χ4n) is 8.56. The largest absolute Gasteiger partial charge is 0.393 e. The van der Waals surface area contributed by atoms with Gasteiger partial charge >= 0.3 is 7.67 Å². The fourth-order valence-corrected chi connectivity index (χ4v) is 11.2. The number of Topliss-reactive ketones (excluding diaryl/α,β-unsaturated/α-hetero) is 1. The molecule has 3 saturated carbocycles. The standard InChI is InChI=1S/C21H30O5.C7H15Cl2N2O2P/c1-19-7-5-13(23)9-12(19)3-4-14-15-6-8-21(26,17(25)11-22)20(15,2)10-16(24)18(14)19;8-2-5-11(6-3-9)14(12)10-4-1-7-13-14/h9,14-16,18,22,24,26H,3-8,10-11H2,1-2H3;1-7H2,(H,10,12)/t14-,15-,16-,18+,19-,20-,21-;/m0./s1. The van der Waals surface area contributed by atoms with Gasteiger partial charge in [-0.15, -0.1) is 23.2 Å². The van der Waals surface area contributed by atoms with Crippen LogP contribution >= 0.6 is 30.9 Å². The van der Waals surface area contributed by atoms with Crippen molar-refractivity contribution in [2.24, 2.45) is 28.6 Å². The quantitative estimate of drug-likeness (QED) is 0.248. The van der Waals surface area contributed by atoms with Gasteiger partial charge < -0.3 is 19.8 Å². The molecule has 0 bridgehead atoms. The number of fused-ring (bicyclic) bond motifs is 5. The van der Waals surface area contributed by atoms with Crippen LogP contribution in [0.2, 0.25) is 0 Å². The van der Waals surface area contributed by atoms with Gasteiger partial charge in [0.2, 0.25) is 0 Å². The smallest absolute Gasteiger partial charge is 0.343 e. The molecule has 5 rings (SSSR count). The lowest BCUT2D eigenvalue weighted by molar-refractivity contribution is -0.182. The molecule has 40 heavy (non-hydrogen) atoms. The van der Waals surface area contributed by atoms with Crippen LogP contribution in [0.15, 0.2) is 11.6 Å². The van der Waals surface area contributed by atoms with E-state index in [4.69, 9.17) is 27.7 Å². The van der Waals surface area contributed by atoms with Crippen molar-refractivity contribution in [3.63, 3.8) is 0 Å². The van der Waals surface area contributed by atoms with E-state index in [0.717, 1.165) is 38.6 Å². The van der Waals surface area contributed by atoms with Crippen LogP contribution in [0.5, 0.6) is 0 Å². The Hall–Kier alpha value is -0.350. The summed E-state index contributed by atoms with van der Waals surface area (Å²) in [5.74, 6) is 0.985. The van der Waals surface area contributed by atoms with Crippen molar-refractivity contribution in [1.29, 1.82) is 0 Å². The highest BCUT2D eigenvalue weighted by Gasteiger charge is 2.68. The second kappa shape index (κ2) is 12.7. The normalized spacial score (nSPS) is 42.7. The van der Waals surface area contributed by atoms with Gasteiger partial charge in [-0.25, -0.2) is 9.76 Å². The SMILES string of the molecule is C[C@]12CCC(=O)C=C1CC[C@@H]1[C@@H]2[C@@H](O)C[C@@]2(C)[C@H]1CC[C@]2(O)C(=O)CO.O=P1(N(CCCl)CCCl)NCCCO1. The van der Waals surface area contributed by atoms with E-state index < -0.39 is 37.2 Å². The van der Waals surface area contributed by atoms with Gasteiger partial charge in [-0.1, -0.05) is 19.4 Å². The fraction of sp³-hybridized carbons (Fsp3) is 0.857. The van der Waals surface area contributed by atoms with Gasteiger partial charge in [0.25, 0.3) is 0 Å². The summed E-state index contributed by atoms with van der Waals surface area (Å²) in [4.78, 5) is 24.3. The minimum atomic E-state index is -2.84. The van der Waals surface area contributed by atoms with Gasteiger partial charge in [0, 0.05) is 43.2 Å². The molecule has 8 atom stereocenters. The van der Waals surface area contributed by atoms with Gasteiger partial charge in [-0.05, 0) is 74.2 Å². The van der Waals surface area contributed by atoms with E-state index >= 15 is 0 Å². The number of ketones is 2. The van der Waals surface area contributed by atoms with Crippen LogP contribution in [0, 0.1) is 28.6 Å². The molecule has 0 aromatic rings. The molecule has 12 heteroatoms. The first-order valence-corrected chi connectivity index (χ1v) is 17.2. The Morgan fingerprint density at radius 1 is 1.20 bits per heavy atom. The first-order chi connectivity index (χ1) is 18.9. The molecule has 1 aliphatic heterocycles. The summed E-state index contributed by atoms with van der Waals surface area (Å²) < 4.78 is 19.2. The number of halogens is 2. The third-order valence-electron chi connectivity index (χ3n) is 10.6. The van der Waals surface area contributed by atoms with E-state index in [1.165, 1.54) is 5.57 Å². The van der Waals surface area contributed by atoms with Crippen molar-refractivity contribution in [1.82, 2.24) is 9.76 Å². The van der Waals surface area contributed by atoms with E-state index in [0.29, 0.717) is 50.7 Å². The zero-order valence-corrected chi connectivity index (χ0v) is 26.0. The first kappa shape index (κ1) is 32.6. The summed E-state index contributed by atoms with van der Waals surface area (Å²) in [6, 6.07) is 0. The number of hydrogen-bond acceptors (Lipinski definition) is 7. The van der Waals surface area contributed by atoms with Gasteiger partial charge in [-0.2, -0.15) is 0 Å². The van der Waals surface area contributed by atoms with Crippen LogP contribution in [0.4, 0.5) is 0 Å². The zero-order chi connectivity index (χ0) is 29.3. The molecule has 0 radical (unpaired) electrons. The molecule has 9 nitrogen and oxygen atoms in total. The second-order valence-electron chi connectivity index (χ2n) is 12.5. The molecular formula is C28H45Cl2N2O7P. The lowest BCUT2D eigenvalue weighted by Gasteiger charge is -2.60. The molecule has 4 aliphatic carbocycles. The van der Waals surface area contributed by atoms with E-state index in [2.05, 4.69) is 12.0 Å². The molecule has 0 amide bonds. The van der Waals surface area contributed by atoms with E-state index in [1.807, 2.05) is 6.92 Å². The van der Waals surface area contributed by atoms with Crippen LogP contribution in [-0.2, 0) is 18.7 Å². The number of nitrogens with zero attached hydrogens (tertiary/aromatic N) is 1. The maximum atomic E-state index is 12.4. The lowest BCUT2D eigenvalue weighted by atomic mass is 9.45. The van der Waals surface area contributed by atoms with Gasteiger partial charge in [0.05, 0.1) is 12.7 Å². The Bertz CT molecular complexity index is 1030. The number of aliphatic hydroxyl groups is 3. The molecule has 228 valence electrons. The number of carbonyl (C=O) groups is 2. The topological polar surface area (TPSA) is 136 Å². The molecule has 4 N–H and O–H groups in total. The predicted molar refractivity (Wildman–Crippen MR) is 154 cm³/mol. The second-order valence-corrected chi connectivity index (χ2v) is 15.4. The number of allylic oxidation sites excluding steroid dienone is 1. The third-order valence-corrected chi connectivity index (χ3v) is 13.2. The van der Waals surface area contributed by atoms with Crippen LogP contribution < -0.4 is 5.09 Å². The van der Waals surface area contributed by atoms with Crippen molar-refractivity contribution in [3.8, 4) is 0 Å².